The van der Waals surface area contributed by atoms with Crippen LogP contribution in [0, 0.1) is 5.92 Å². The molecule has 0 radical (unpaired) electrons. The van der Waals surface area contributed by atoms with Gasteiger partial charge in [-0.15, -0.1) is 0 Å². The Labute approximate surface area is 59.4 Å². The molecular weight excluding hydrogens is 141 g/mol. The highest BCUT2D eigenvalue weighted by Gasteiger charge is 2.26. The Kier molecular flexibility index (Phi) is 3.76. The Balaban J connectivity index is 3.36. The molecular formula is C7H13F3. The third kappa shape index (κ3) is 5.92. The van der Waals surface area contributed by atoms with Gasteiger partial charge in [-0.2, -0.15) is 13.2 Å². The molecule has 0 aromatic rings. The second-order valence-electron chi connectivity index (χ2n) is 2.67. The Bertz CT molecular complexity index is 85.3. The molecule has 1 atom stereocenters. The average Bonchev–Trinajstić information content (AvgIpc) is 1.81. The molecule has 3 heteroatoms. The molecule has 0 saturated heterocycles. The van der Waals surface area contributed by atoms with Gasteiger partial charge in [0.25, 0.3) is 0 Å². The van der Waals surface area contributed by atoms with Gasteiger partial charge >= 0.3 is 6.18 Å². The summed E-state index contributed by atoms with van der Waals surface area (Å²) in [5.41, 5.74) is 0. The minimum atomic E-state index is -3.97. The maximum Gasteiger partial charge on any atom is 0.389 e. The fourth-order valence-corrected chi connectivity index (χ4v) is 0.614. The van der Waals surface area contributed by atoms with E-state index in [2.05, 4.69) is 0 Å². The number of hydrogen-bond acceptors (Lipinski definition) is 0. The molecule has 0 fully saturated rings. The van der Waals surface area contributed by atoms with Crippen LogP contribution in [-0.2, 0) is 0 Å². The van der Waals surface area contributed by atoms with Crippen LogP contribution in [0.2, 0.25) is 0 Å². The van der Waals surface area contributed by atoms with Gasteiger partial charge in [-0.05, 0) is 12.3 Å². The maximum atomic E-state index is 11.6. The lowest BCUT2D eigenvalue weighted by atomic mass is 10.0. The lowest BCUT2D eigenvalue weighted by molar-refractivity contribution is -0.137. The topological polar surface area (TPSA) is 0 Å². The zero-order valence-corrected chi connectivity index (χ0v) is 6.33. The van der Waals surface area contributed by atoms with Crippen LogP contribution in [0.3, 0.4) is 0 Å². The zero-order chi connectivity index (χ0) is 8.20. The summed E-state index contributed by atoms with van der Waals surface area (Å²) in [6, 6.07) is 0. The van der Waals surface area contributed by atoms with E-state index >= 15 is 0 Å². The van der Waals surface area contributed by atoms with E-state index in [1.165, 1.54) is 0 Å². The summed E-state index contributed by atoms with van der Waals surface area (Å²) in [4.78, 5) is 0. The molecule has 0 aliphatic heterocycles. The number of alkyl halides is 3. The highest BCUT2D eigenvalue weighted by Crippen LogP contribution is 2.24. The second kappa shape index (κ2) is 3.84. The van der Waals surface area contributed by atoms with E-state index in [1.807, 2.05) is 13.8 Å². The summed E-state index contributed by atoms with van der Waals surface area (Å²) in [6.07, 6.45) is -3.51. The Morgan fingerprint density at radius 1 is 1.30 bits per heavy atom. The molecule has 0 heterocycles. The molecule has 0 N–H and O–H groups in total. The average molecular weight is 154 g/mol. The predicted octanol–water partition coefficient (Wildman–Crippen LogP) is 3.38. The smallest absolute Gasteiger partial charge is 0.171 e. The van der Waals surface area contributed by atoms with Crippen molar-refractivity contribution in [1.29, 1.82) is 0 Å². The standard InChI is InChI=1S/C7H13F3/c1-3-6(2)4-5-7(8,9)10/h6H,3-5H2,1-2H3/t6-/m1/s1. The second-order valence-corrected chi connectivity index (χ2v) is 2.67. The van der Waals surface area contributed by atoms with Gasteiger partial charge in [-0.1, -0.05) is 20.3 Å². The molecule has 0 nitrogen and oxygen atoms in total. The van der Waals surface area contributed by atoms with Crippen molar-refractivity contribution >= 4 is 0 Å². The molecule has 62 valence electrons. The number of rotatable bonds is 3. The molecule has 0 spiro atoms. The quantitative estimate of drug-likeness (QED) is 0.584. The van der Waals surface area contributed by atoms with E-state index in [0.717, 1.165) is 6.42 Å². The summed E-state index contributed by atoms with van der Waals surface area (Å²) in [5, 5.41) is 0. The number of hydrogen-bond donors (Lipinski definition) is 0. The van der Waals surface area contributed by atoms with Crippen molar-refractivity contribution in [2.75, 3.05) is 0 Å². The third-order valence-electron chi connectivity index (χ3n) is 1.62. The fourth-order valence-electron chi connectivity index (χ4n) is 0.614. The first-order valence-corrected chi connectivity index (χ1v) is 3.52. The minimum Gasteiger partial charge on any atom is -0.171 e. The van der Waals surface area contributed by atoms with E-state index in [9.17, 15) is 13.2 Å². The van der Waals surface area contributed by atoms with Crippen molar-refractivity contribution in [3.63, 3.8) is 0 Å². The summed E-state index contributed by atoms with van der Waals surface area (Å²) in [6.45, 7) is 3.74. The first-order chi connectivity index (χ1) is 4.45. The SMILES string of the molecule is CC[C@@H](C)CCC(F)(F)F. The molecule has 0 bridgehead atoms. The zero-order valence-electron chi connectivity index (χ0n) is 6.33. The summed E-state index contributed by atoms with van der Waals surface area (Å²) < 4.78 is 34.7. The van der Waals surface area contributed by atoms with Gasteiger partial charge in [0, 0.05) is 6.42 Å². The Morgan fingerprint density at radius 2 is 1.80 bits per heavy atom. The first-order valence-electron chi connectivity index (χ1n) is 3.52. The van der Waals surface area contributed by atoms with Crippen molar-refractivity contribution in [2.24, 2.45) is 5.92 Å². The lowest BCUT2D eigenvalue weighted by Gasteiger charge is -2.09. The van der Waals surface area contributed by atoms with Crippen molar-refractivity contribution < 1.29 is 13.2 Å². The lowest BCUT2D eigenvalue weighted by Crippen LogP contribution is -2.08. The third-order valence-corrected chi connectivity index (χ3v) is 1.62. The van der Waals surface area contributed by atoms with E-state index < -0.39 is 12.6 Å². The van der Waals surface area contributed by atoms with E-state index in [1.54, 1.807) is 0 Å². The minimum absolute atomic E-state index is 0.196. The molecule has 0 aromatic carbocycles. The molecule has 0 aromatic heterocycles. The van der Waals surface area contributed by atoms with Crippen molar-refractivity contribution in [1.82, 2.24) is 0 Å². The highest BCUT2D eigenvalue weighted by molar-refractivity contribution is 4.55. The van der Waals surface area contributed by atoms with Crippen LogP contribution in [0.1, 0.15) is 33.1 Å². The molecule has 10 heavy (non-hydrogen) atoms. The largest absolute Gasteiger partial charge is 0.389 e. The monoisotopic (exact) mass is 154 g/mol. The van der Waals surface area contributed by atoms with Crippen LogP contribution in [0.15, 0.2) is 0 Å². The van der Waals surface area contributed by atoms with E-state index in [-0.39, 0.29) is 12.3 Å². The van der Waals surface area contributed by atoms with Gasteiger partial charge < -0.3 is 0 Å². The molecule has 0 rings (SSSR count). The van der Waals surface area contributed by atoms with Gasteiger partial charge in [-0.3, -0.25) is 0 Å². The van der Waals surface area contributed by atoms with Crippen LogP contribution < -0.4 is 0 Å². The van der Waals surface area contributed by atoms with Crippen LogP contribution in [-0.4, -0.2) is 6.18 Å². The van der Waals surface area contributed by atoms with Crippen LogP contribution in [0.25, 0.3) is 0 Å². The Morgan fingerprint density at radius 3 is 2.10 bits per heavy atom. The molecule has 0 aliphatic rings. The van der Waals surface area contributed by atoms with Gasteiger partial charge in [-0.25, -0.2) is 0 Å². The van der Waals surface area contributed by atoms with Crippen molar-refractivity contribution in [2.45, 2.75) is 39.3 Å². The predicted molar refractivity (Wildman–Crippen MR) is 34.7 cm³/mol. The van der Waals surface area contributed by atoms with Gasteiger partial charge in [0.15, 0.2) is 0 Å². The van der Waals surface area contributed by atoms with E-state index in [4.69, 9.17) is 0 Å². The summed E-state index contributed by atoms with van der Waals surface area (Å²) in [5.74, 6) is 0.196. The molecule has 0 amide bonds. The van der Waals surface area contributed by atoms with Crippen molar-refractivity contribution in [3.05, 3.63) is 0 Å². The van der Waals surface area contributed by atoms with E-state index in [0.29, 0.717) is 0 Å². The van der Waals surface area contributed by atoms with Gasteiger partial charge in [0.1, 0.15) is 0 Å². The highest BCUT2D eigenvalue weighted by atomic mass is 19.4. The molecule has 0 unspecified atom stereocenters. The Hall–Kier alpha value is -0.210. The number of halogens is 3. The van der Waals surface area contributed by atoms with Crippen LogP contribution >= 0.6 is 0 Å². The summed E-state index contributed by atoms with van der Waals surface area (Å²) >= 11 is 0. The summed E-state index contributed by atoms with van der Waals surface area (Å²) in [7, 11) is 0. The molecule has 0 saturated carbocycles. The normalized spacial score (nSPS) is 15.3. The van der Waals surface area contributed by atoms with Crippen LogP contribution in [0.4, 0.5) is 13.2 Å². The van der Waals surface area contributed by atoms with Gasteiger partial charge in [0.2, 0.25) is 0 Å². The fraction of sp³-hybridized carbons (Fsp3) is 1.00. The van der Waals surface area contributed by atoms with Crippen LogP contribution in [0.5, 0.6) is 0 Å². The molecule has 0 aliphatic carbocycles. The van der Waals surface area contributed by atoms with Gasteiger partial charge in [0.05, 0.1) is 0 Å². The maximum absolute atomic E-state index is 11.6. The first kappa shape index (κ1) is 9.79. The van der Waals surface area contributed by atoms with Crippen molar-refractivity contribution in [3.8, 4) is 0 Å².